The molecule has 0 aliphatic heterocycles. The summed E-state index contributed by atoms with van der Waals surface area (Å²) in [5.41, 5.74) is 2.82. The Balaban J connectivity index is 1.64. The van der Waals surface area contributed by atoms with E-state index in [1.807, 2.05) is 6.92 Å². The number of nitrogens with zero attached hydrogens (tertiary/aromatic N) is 4. The van der Waals surface area contributed by atoms with E-state index >= 15 is 0 Å². The van der Waals surface area contributed by atoms with Crippen LogP contribution in [0.4, 0.5) is 10.1 Å². The minimum Gasteiger partial charge on any atom is -0.411 e. The number of carbonyl (C=O) groups is 1. The van der Waals surface area contributed by atoms with Gasteiger partial charge in [0, 0.05) is 29.4 Å². The number of pyridine rings is 1. The number of oxime groups is 1. The molecule has 8 nitrogen and oxygen atoms in total. The van der Waals surface area contributed by atoms with Crippen molar-refractivity contribution in [2.24, 2.45) is 5.16 Å². The number of benzene rings is 1. The van der Waals surface area contributed by atoms with Crippen LogP contribution in [0.15, 0.2) is 35.7 Å². The van der Waals surface area contributed by atoms with Crippen LogP contribution in [0, 0.1) is 5.82 Å². The average molecular weight is 473 g/mol. The summed E-state index contributed by atoms with van der Waals surface area (Å²) in [5, 5.41) is 24.2. The van der Waals surface area contributed by atoms with Crippen molar-refractivity contribution >= 4 is 39.9 Å². The normalized spacial score (nSPS) is 17.1. The third kappa shape index (κ3) is 4.78. The molecule has 10 heteroatoms. The number of amides is 1. The summed E-state index contributed by atoms with van der Waals surface area (Å²) in [6, 6.07) is 3.91. The Labute approximate surface area is 195 Å². The van der Waals surface area contributed by atoms with Gasteiger partial charge in [-0.15, -0.1) is 0 Å². The van der Waals surface area contributed by atoms with Gasteiger partial charge in [-0.3, -0.25) is 4.79 Å². The van der Waals surface area contributed by atoms with Crippen LogP contribution >= 0.6 is 11.6 Å². The van der Waals surface area contributed by atoms with Crippen LogP contribution in [-0.4, -0.2) is 37.6 Å². The van der Waals surface area contributed by atoms with Crippen LogP contribution in [0.3, 0.4) is 0 Å². The summed E-state index contributed by atoms with van der Waals surface area (Å²) in [7, 11) is 0. The van der Waals surface area contributed by atoms with Crippen LogP contribution < -0.4 is 10.6 Å². The number of carbonyl (C=O) groups excluding carboxylic acids is 1. The number of rotatable bonds is 6. The van der Waals surface area contributed by atoms with Gasteiger partial charge in [-0.2, -0.15) is 5.10 Å². The Hall–Kier alpha value is -3.20. The van der Waals surface area contributed by atoms with E-state index in [0.717, 1.165) is 23.9 Å². The minimum absolute atomic E-state index is 0.101. The molecule has 1 unspecified atom stereocenters. The summed E-state index contributed by atoms with van der Waals surface area (Å²) in [6.07, 6.45) is 6.16. The highest BCUT2D eigenvalue weighted by Crippen LogP contribution is 2.30. The van der Waals surface area contributed by atoms with Crippen molar-refractivity contribution in [3.63, 3.8) is 0 Å². The van der Waals surface area contributed by atoms with Crippen molar-refractivity contribution in [1.82, 2.24) is 20.1 Å². The van der Waals surface area contributed by atoms with Crippen LogP contribution in [0.1, 0.15) is 61.5 Å². The quantitative estimate of drug-likeness (QED) is 0.349. The van der Waals surface area contributed by atoms with Crippen molar-refractivity contribution in [1.29, 1.82) is 0 Å². The predicted molar refractivity (Wildman–Crippen MR) is 126 cm³/mol. The fourth-order valence-electron chi connectivity index (χ4n) is 4.19. The molecule has 1 atom stereocenters. The highest BCUT2D eigenvalue weighted by atomic mass is 35.5. The molecule has 1 aliphatic rings. The standard InChI is InChI=1S/C23H26ClFN6O2/c1-3-31-22-18(12-27-31)21(29-15-5-7-16(30-33)8-6-15)19(11-26-22)23(32)28-13(2)17-9-4-14(24)10-20(17)25/h4,9-13,15,33H,3,5-8H2,1-2H3,(H,26,29)(H,28,32). The summed E-state index contributed by atoms with van der Waals surface area (Å²) in [5.74, 6) is -0.846. The van der Waals surface area contributed by atoms with Crippen LogP contribution in [0.2, 0.25) is 5.02 Å². The summed E-state index contributed by atoms with van der Waals surface area (Å²) >= 11 is 5.85. The zero-order valence-electron chi connectivity index (χ0n) is 18.5. The van der Waals surface area contributed by atoms with E-state index in [9.17, 15) is 9.18 Å². The summed E-state index contributed by atoms with van der Waals surface area (Å²) < 4.78 is 16.1. The highest BCUT2D eigenvalue weighted by Gasteiger charge is 2.24. The van der Waals surface area contributed by atoms with Gasteiger partial charge >= 0.3 is 0 Å². The number of aryl methyl sites for hydroxylation is 1. The summed E-state index contributed by atoms with van der Waals surface area (Å²) in [4.78, 5) is 17.7. The molecule has 1 fully saturated rings. The maximum absolute atomic E-state index is 14.4. The van der Waals surface area contributed by atoms with Crippen LogP contribution in [0.5, 0.6) is 0 Å². The molecule has 2 heterocycles. The second kappa shape index (κ2) is 9.74. The molecule has 33 heavy (non-hydrogen) atoms. The smallest absolute Gasteiger partial charge is 0.255 e. The van der Waals surface area contributed by atoms with Crippen molar-refractivity contribution in [2.45, 2.75) is 58.2 Å². The van der Waals surface area contributed by atoms with Gasteiger partial charge in [0.15, 0.2) is 5.65 Å². The van der Waals surface area contributed by atoms with Gasteiger partial charge in [-0.1, -0.05) is 22.8 Å². The summed E-state index contributed by atoms with van der Waals surface area (Å²) in [6.45, 7) is 4.34. The fraction of sp³-hybridized carbons (Fsp3) is 0.391. The van der Waals surface area contributed by atoms with Gasteiger partial charge in [0.2, 0.25) is 0 Å². The van der Waals surface area contributed by atoms with Crippen LogP contribution in [-0.2, 0) is 6.54 Å². The van der Waals surface area contributed by atoms with Gasteiger partial charge in [-0.05, 0) is 51.7 Å². The lowest BCUT2D eigenvalue weighted by atomic mass is 9.93. The largest absolute Gasteiger partial charge is 0.411 e. The molecule has 0 saturated heterocycles. The van der Waals surface area contributed by atoms with Crippen molar-refractivity contribution < 1.29 is 14.4 Å². The number of halogens is 2. The van der Waals surface area contributed by atoms with Gasteiger partial charge in [0.25, 0.3) is 5.91 Å². The third-order valence-corrected chi connectivity index (χ3v) is 6.27. The molecule has 0 bridgehead atoms. The molecule has 1 aliphatic carbocycles. The number of aromatic nitrogens is 3. The number of fused-ring (bicyclic) bond motifs is 1. The average Bonchev–Trinajstić information content (AvgIpc) is 3.23. The first-order valence-corrected chi connectivity index (χ1v) is 11.4. The van der Waals surface area contributed by atoms with Gasteiger partial charge in [0.05, 0.1) is 34.6 Å². The second-order valence-electron chi connectivity index (χ2n) is 8.19. The van der Waals surface area contributed by atoms with Crippen molar-refractivity contribution in [3.05, 3.63) is 52.6 Å². The lowest BCUT2D eigenvalue weighted by Gasteiger charge is -2.26. The first kappa shape index (κ1) is 23.0. The van der Waals surface area contributed by atoms with Crippen LogP contribution in [0.25, 0.3) is 11.0 Å². The van der Waals surface area contributed by atoms with E-state index in [1.165, 1.54) is 12.3 Å². The molecule has 3 N–H and O–H groups in total. The molecule has 0 spiro atoms. The number of hydrogen-bond donors (Lipinski definition) is 3. The first-order valence-electron chi connectivity index (χ1n) is 11.0. The van der Waals surface area contributed by atoms with Gasteiger partial charge in [-0.25, -0.2) is 14.1 Å². The lowest BCUT2D eigenvalue weighted by Crippen LogP contribution is -2.31. The van der Waals surface area contributed by atoms with E-state index < -0.39 is 11.9 Å². The minimum atomic E-state index is -0.574. The van der Waals surface area contributed by atoms with E-state index in [-0.39, 0.29) is 11.9 Å². The van der Waals surface area contributed by atoms with E-state index in [2.05, 4.69) is 25.9 Å². The Bertz CT molecular complexity index is 1200. The second-order valence-corrected chi connectivity index (χ2v) is 8.63. The lowest BCUT2D eigenvalue weighted by molar-refractivity contribution is 0.0940. The molecular formula is C23H26ClFN6O2. The van der Waals surface area contributed by atoms with Gasteiger partial charge in [0.1, 0.15) is 5.82 Å². The zero-order chi connectivity index (χ0) is 23.5. The molecular weight excluding hydrogens is 447 g/mol. The predicted octanol–water partition coefficient (Wildman–Crippen LogP) is 4.92. The molecule has 1 saturated carbocycles. The molecule has 1 aromatic carbocycles. The maximum atomic E-state index is 14.4. The topological polar surface area (TPSA) is 104 Å². The third-order valence-electron chi connectivity index (χ3n) is 6.04. The fourth-order valence-corrected chi connectivity index (χ4v) is 4.35. The molecule has 0 radical (unpaired) electrons. The zero-order valence-corrected chi connectivity index (χ0v) is 19.2. The Morgan fingerprint density at radius 1 is 1.36 bits per heavy atom. The molecule has 2 aromatic heterocycles. The van der Waals surface area contributed by atoms with Crippen molar-refractivity contribution in [3.8, 4) is 0 Å². The molecule has 4 rings (SSSR count). The molecule has 174 valence electrons. The Morgan fingerprint density at radius 2 is 2.12 bits per heavy atom. The van der Waals surface area contributed by atoms with E-state index in [0.29, 0.717) is 46.9 Å². The van der Waals surface area contributed by atoms with E-state index in [4.69, 9.17) is 16.8 Å². The molecule has 3 aromatic rings. The SMILES string of the molecule is CCn1ncc2c(NC3CCC(=NO)CC3)c(C(=O)NC(C)c3ccc(Cl)cc3F)cnc21. The Kier molecular flexibility index (Phi) is 6.78. The van der Waals surface area contributed by atoms with Crippen molar-refractivity contribution in [2.75, 3.05) is 5.32 Å². The number of hydrogen-bond acceptors (Lipinski definition) is 6. The number of anilines is 1. The van der Waals surface area contributed by atoms with E-state index in [1.54, 1.807) is 29.9 Å². The monoisotopic (exact) mass is 472 g/mol. The highest BCUT2D eigenvalue weighted by molar-refractivity contribution is 6.30. The first-order chi connectivity index (χ1) is 15.9. The molecule has 1 amide bonds. The number of nitrogens with one attached hydrogen (secondary N) is 2. The Morgan fingerprint density at radius 3 is 2.79 bits per heavy atom. The maximum Gasteiger partial charge on any atom is 0.255 e. The van der Waals surface area contributed by atoms with Gasteiger partial charge < -0.3 is 15.8 Å².